The molecule has 2 aromatic carbocycles. The maximum atomic E-state index is 13.4. The molecule has 128 valence electrons. The number of amides is 1. The number of tetrazole rings is 1. The largest absolute Gasteiger partial charge is 0.345 e. The number of halogens is 4. The van der Waals surface area contributed by atoms with E-state index in [9.17, 15) is 13.6 Å². The van der Waals surface area contributed by atoms with E-state index in [4.69, 9.17) is 11.6 Å². The second-order valence-corrected chi connectivity index (χ2v) is 6.24. The molecule has 0 spiro atoms. The lowest BCUT2D eigenvalue weighted by Gasteiger charge is -2.08. The molecule has 0 aliphatic rings. The summed E-state index contributed by atoms with van der Waals surface area (Å²) in [7, 11) is 0. The summed E-state index contributed by atoms with van der Waals surface area (Å²) in [6.45, 7) is -0.0341. The molecule has 3 aromatic rings. The number of rotatable bonds is 4. The Balaban J connectivity index is 1.78. The fraction of sp³-hybridized carbons (Fsp3) is 0.0667. The standard InChI is InChI=1S/C15H9BrClF2N5O/c16-8-1-3-11(17)10(5-8)15(25)20-7-14-21-22-23-24(14)9-2-4-12(18)13(19)6-9/h1-6H,7H2,(H,20,25). The van der Waals surface area contributed by atoms with Gasteiger partial charge in [-0.1, -0.05) is 27.5 Å². The third-order valence-corrected chi connectivity index (χ3v) is 4.08. The van der Waals surface area contributed by atoms with Crippen LogP contribution in [0.2, 0.25) is 5.02 Å². The van der Waals surface area contributed by atoms with Crippen molar-refractivity contribution >= 4 is 33.4 Å². The van der Waals surface area contributed by atoms with Gasteiger partial charge in [-0.25, -0.2) is 8.78 Å². The Morgan fingerprint density at radius 3 is 2.76 bits per heavy atom. The molecular formula is C15H9BrClF2N5O. The molecule has 0 fully saturated rings. The van der Waals surface area contributed by atoms with Crippen LogP contribution >= 0.6 is 27.5 Å². The first-order chi connectivity index (χ1) is 12.0. The van der Waals surface area contributed by atoms with E-state index in [-0.39, 0.29) is 23.6 Å². The van der Waals surface area contributed by atoms with Gasteiger partial charge in [-0.15, -0.1) is 5.10 Å². The number of aromatic nitrogens is 4. The molecule has 25 heavy (non-hydrogen) atoms. The molecule has 1 amide bonds. The first-order valence-corrected chi connectivity index (χ1v) is 8.09. The monoisotopic (exact) mass is 427 g/mol. The molecule has 0 bridgehead atoms. The Labute approximate surface area is 153 Å². The minimum Gasteiger partial charge on any atom is -0.345 e. The Morgan fingerprint density at radius 2 is 2.00 bits per heavy atom. The van der Waals surface area contributed by atoms with E-state index >= 15 is 0 Å². The van der Waals surface area contributed by atoms with Gasteiger partial charge in [0.2, 0.25) is 0 Å². The number of carbonyl (C=O) groups excluding carboxylic acids is 1. The Morgan fingerprint density at radius 1 is 1.20 bits per heavy atom. The van der Waals surface area contributed by atoms with Gasteiger partial charge in [0.1, 0.15) is 0 Å². The van der Waals surface area contributed by atoms with Gasteiger partial charge in [0.15, 0.2) is 17.5 Å². The zero-order valence-electron chi connectivity index (χ0n) is 12.4. The number of nitrogens with one attached hydrogen (secondary N) is 1. The van der Waals surface area contributed by atoms with Crippen LogP contribution in [0.5, 0.6) is 0 Å². The molecule has 1 aromatic heterocycles. The van der Waals surface area contributed by atoms with Gasteiger partial charge in [-0.3, -0.25) is 4.79 Å². The average molecular weight is 429 g/mol. The molecule has 3 rings (SSSR count). The molecule has 6 nitrogen and oxygen atoms in total. The lowest BCUT2D eigenvalue weighted by Crippen LogP contribution is -2.25. The SMILES string of the molecule is O=C(NCc1nnnn1-c1ccc(F)c(F)c1)c1cc(Br)ccc1Cl. The van der Waals surface area contributed by atoms with Gasteiger partial charge in [0.25, 0.3) is 5.91 Å². The van der Waals surface area contributed by atoms with E-state index in [0.717, 1.165) is 12.1 Å². The van der Waals surface area contributed by atoms with Crippen LogP contribution < -0.4 is 5.32 Å². The van der Waals surface area contributed by atoms with Crippen molar-refractivity contribution in [1.82, 2.24) is 25.5 Å². The van der Waals surface area contributed by atoms with Gasteiger partial charge in [0, 0.05) is 10.5 Å². The van der Waals surface area contributed by atoms with E-state index in [1.807, 2.05) is 0 Å². The maximum Gasteiger partial charge on any atom is 0.253 e. The number of hydrogen-bond acceptors (Lipinski definition) is 4. The van der Waals surface area contributed by atoms with Crippen molar-refractivity contribution in [2.75, 3.05) is 0 Å². The fourth-order valence-corrected chi connectivity index (χ4v) is 2.62. The van der Waals surface area contributed by atoms with Crippen molar-refractivity contribution in [3.8, 4) is 5.69 Å². The summed E-state index contributed by atoms with van der Waals surface area (Å²) in [5, 5.41) is 13.9. The van der Waals surface area contributed by atoms with Crippen LogP contribution in [0.4, 0.5) is 8.78 Å². The van der Waals surface area contributed by atoms with Gasteiger partial charge < -0.3 is 5.32 Å². The molecule has 0 aliphatic carbocycles. The number of benzene rings is 2. The van der Waals surface area contributed by atoms with Crippen molar-refractivity contribution in [1.29, 1.82) is 0 Å². The molecule has 0 radical (unpaired) electrons. The Hall–Kier alpha value is -2.39. The van der Waals surface area contributed by atoms with E-state index in [2.05, 4.69) is 36.8 Å². The van der Waals surface area contributed by atoms with Gasteiger partial charge in [-0.05, 0) is 40.8 Å². The highest BCUT2D eigenvalue weighted by molar-refractivity contribution is 9.10. The lowest BCUT2D eigenvalue weighted by atomic mass is 10.2. The van der Waals surface area contributed by atoms with Crippen LogP contribution in [0.1, 0.15) is 16.2 Å². The zero-order chi connectivity index (χ0) is 18.0. The van der Waals surface area contributed by atoms with Crippen LogP contribution in [-0.2, 0) is 6.54 Å². The van der Waals surface area contributed by atoms with Crippen LogP contribution in [0.25, 0.3) is 5.69 Å². The molecule has 0 saturated carbocycles. The van der Waals surface area contributed by atoms with E-state index < -0.39 is 17.5 Å². The topological polar surface area (TPSA) is 72.7 Å². The van der Waals surface area contributed by atoms with E-state index in [1.165, 1.54) is 10.7 Å². The predicted octanol–water partition coefficient (Wildman–Crippen LogP) is 3.29. The van der Waals surface area contributed by atoms with Crippen molar-refractivity contribution in [2.24, 2.45) is 0 Å². The lowest BCUT2D eigenvalue weighted by molar-refractivity contribution is 0.0949. The summed E-state index contributed by atoms with van der Waals surface area (Å²) in [6, 6.07) is 8.13. The van der Waals surface area contributed by atoms with Crippen LogP contribution in [0, 0.1) is 11.6 Å². The minimum absolute atomic E-state index is 0.0341. The minimum atomic E-state index is -1.02. The van der Waals surface area contributed by atoms with Crippen LogP contribution in [0.3, 0.4) is 0 Å². The van der Waals surface area contributed by atoms with Crippen molar-refractivity contribution in [3.63, 3.8) is 0 Å². The second kappa shape index (κ2) is 7.24. The fourth-order valence-electron chi connectivity index (χ4n) is 2.06. The summed E-state index contributed by atoms with van der Waals surface area (Å²) in [6.07, 6.45) is 0. The smallest absolute Gasteiger partial charge is 0.253 e. The van der Waals surface area contributed by atoms with Gasteiger partial charge in [-0.2, -0.15) is 4.68 Å². The van der Waals surface area contributed by atoms with Gasteiger partial charge in [0.05, 0.1) is 22.8 Å². The normalized spacial score (nSPS) is 10.7. The zero-order valence-corrected chi connectivity index (χ0v) is 14.7. The summed E-state index contributed by atoms with van der Waals surface area (Å²) in [5.74, 6) is -2.18. The van der Waals surface area contributed by atoms with E-state index in [1.54, 1.807) is 18.2 Å². The Kier molecular flexibility index (Phi) is 5.05. The molecule has 0 aliphatic heterocycles. The molecule has 0 saturated heterocycles. The molecule has 1 heterocycles. The summed E-state index contributed by atoms with van der Waals surface area (Å²) >= 11 is 9.27. The molecule has 0 unspecified atom stereocenters. The summed E-state index contributed by atoms with van der Waals surface area (Å²) in [5.41, 5.74) is 0.511. The maximum absolute atomic E-state index is 13.4. The highest BCUT2D eigenvalue weighted by atomic mass is 79.9. The number of hydrogen-bond donors (Lipinski definition) is 1. The van der Waals surface area contributed by atoms with Crippen molar-refractivity contribution < 1.29 is 13.6 Å². The van der Waals surface area contributed by atoms with Crippen LogP contribution in [0.15, 0.2) is 40.9 Å². The third-order valence-electron chi connectivity index (χ3n) is 3.26. The number of nitrogens with zero attached hydrogens (tertiary/aromatic N) is 4. The second-order valence-electron chi connectivity index (χ2n) is 4.91. The molecule has 0 atom stereocenters. The highest BCUT2D eigenvalue weighted by Crippen LogP contribution is 2.21. The molecule has 10 heteroatoms. The van der Waals surface area contributed by atoms with Crippen LogP contribution in [-0.4, -0.2) is 26.1 Å². The molecular weight excluding hydrogens is 420 g/mol. The van der Waals surface area contributed by atoms with Gasteiger partial charge >= 0.3 is 0 Å². The third kappa shape index (κ3) is 3.83. The quantitative estimate of drug-likeness (QED) is 0.692. The average Bonchev–Trinajstić information content (AvgIpc) is 3.06. The predicted molar refractivity (Wildman–Crippen MR) is 89.4 cm³/mol. The molecule has 1 N–H and O–H groups in total. The first kappa shape index (κ1) is 17.4. The van der Waals surface area contributed by atoms with Crippen molar-refractivity contribution in [2.45, 2.75) is 6.54 Å². The summed E-state index contributed by atoms with van der Waals surface area (Å²) in [4.78, 5) is 12.3. The Bertz CT molecular complexity index is 949. The van der Waals surface area contributed by atoms with E-state index in [0.29, 0.717) is 9.50 Å². The highest BCUT2D eigenvalue weighted by Gasteiger charge is 2.14. The number of carbonyl (C=O) groups is 1. The van der Waals surface area contributed by atoms with Crippen molar-refractivity contribution in [3.05, 3.63) is 68.9 Å². The summed E-state index contributed by atoms with van der Waals surface area (Å²) < 4.78 is 28.3. The first-order valence-electron chi connectivity index (χ1n) is 6.91.